The van der Waals surface area contributed by atoms with E-state index < -0.39 is 23.6 Å². The molecule has 0 bridgehead atoms. The molecule has 1 heterocycles. The zero-order chi connectivity index (χ0) is 15.4. The lowest BCUT2D eigenvalue weighted by Gasteiger charge is -2.18. The highest BCUT2D eigenvalue weighted by Gasteiger charge is 2.31. The Balaban J connectivity index is 2.57. The number of nitrogens with one attached hydrogen (secondary N) is 1. The van der Waals surface area contributed by atoms with Crippen LogP contribution < -0.4 is 5.43 Å². The predicted octanol–water partition coefficient (Wildman–Crippen LogP) is 2.96. The van der Waals surface area contributed by atoms with Gasteiger partial charge in [-0.25, -0.2) is 10.2 Å². The summed E-state index contributed by atoms with van der Waals surface area (Å²) >= 11 is 0. The maximum absolute atomic E-state index is 12.3. The van der Waals surface area contributed by atoms with Crippen molar-refractivity contribution in [2.24, 2.45) is 5.10 Å². The summed E-state index contributed by atoms with van der Waals surface area (Å²) in [6, 6.07) is 2.02. The highest BCUT2D eigenvalue weighted by Crippen LogP contribution is 2.26. The number of halogens is 3. The lowest BCUT2D eigenvalue weighted by Crippen LogP contribution is -2.29. The van der Waals surface area contributed by atoms with Gasteiger partial charge < -0.3 is 4.74 Å². The van der Waals surface area contributed by atoms with Gasteiger partial charge in [0, 0.05) is 11.8 Å². The van der Waals surface area contributed by atoms with Gasteiger partial charge in [-0.2, -0.15) is 18.3 Å². The maximum Gasteiger partial charge on any atom is 0.433 e. The molecule has 1 rings (SSSR count). The van der Waals surface area contributed by atoms with Crippen molar-refractivity contribution in [3.05, 3.63) is 29.6 Å². The molecule has 0 aliphatic heterocycles. The summed E-state index contributed by atoms with van der Waals surface area (Å²) in [7, 11) is 0. The van der Waals surface area contributed by atoms with Gasteiger partial charge in [-0.1, -0.05) is 0 Å². The van der Waals surface area contributed by atoms with Crippen molar-refractivity contribution in [1.29, 1.82) is 0 Å². The molecule has 0 aliphatic carbocycles. The van der Waals surface area contributed by atoms with Gasteiger partial charge in [0.15, 0.2) is 0 Å². The standard InChI is InChI=1S/C12H14F3N3O2/c1-11(2,3)20-10(19)18-17-7-8-4-5-9(16-6-8)12(13,14)15/h4-7H,1-3H3,(H,18,19)/b17-7+. The van der Waals surface area contributed by atoms with Crippen LogP contribution in [0.5, 0.6) is 0 Å². The van der Waals surface area contributed by atoms with Crippen LogP contribution in [0, 0.1) is 0 Å². The Morgan fingerprint density at radius 2 is 2.00 bits per heavy atom. The minimum Gasteiger partial charge on any atom is -0.443 e. The van der Waals surface area contributed by atoms with E-state index in [4.69, 9.17) is 4.74 Å². The normalized spacial score (nSPS) is 12.5. The van der Waals surface area contributed by atoms with Gasteiger partial charge in [-0.3, -0.25) is 4.98 Å². The van der Waals surface area contributed by atoms with E-state index in [0.29, 0.717) is 5.56 Å². The molecule has 0 aromatic carbocycles. The molecule has 1 aromatic heterocycles. The second kappa shape index (κ2) is 5.89. The molecule has 0 fully saturated rings. The van der Waals surface area contributed by atoms with Gasteiger partial charge >= 0.3 is 12.3 Å². The molecular weight excluding hydrogens is 275 g/mol. The minimum absolute atomic E-state index is 0.314. The number of amides is 1. The lowest BCUT2D eigenvalue weighted by molar-refractivity contribution is -0.141. The summed E-state index contributed by atoms with van der Waals surface area (Å²) in [6.45, 7) is 5.07. The molecule has 1 N–H and O–H groups in total. The monoisotopic (exact) mass is 289 g/mol. The highest BCUT2D eigenvalue weighted by molar-refractivity contribution is 5.80. The summed E-state index contributed by atoms with van der Waals surface area (Å²) in [5.41, 5.74) is 0.757. The topological polar surface area (TPSA) is 63.6 Å². The van der Waals surface area contributed by atoms with Crippen molar-refractivity contribution < 1.29 is 22.7 Å². The van der Waals surface area contributed by atoms with E-state index in [2.05, 4.69) is 15.5 Å². The van der Waals surface area contributed by atoms with Crippen LogP contribution in [0.2, 0.25) is 0 Å². The number of carbonyl (C=O) groups is 1. The fourth-order valence-corrected chi connectivity index (χ4v) is 1.11. The SMILES string of the molecule is CC(C)(C)OC(=O)N/N=C/c1ccc(C(F)(F)F)nc1. The second-order valence-corrected chi connectivity index (χ2v) is 4.85. The Morgan fingerprint density at radius 3 is 2.45 bits per heavy atom. The zero-order valence-electron chi connectivity index (χ0n) is 11.2. The van der Waals surface area contributed by atoms with Gasteiger partial charge in [0.05, 0.1) is 6.21 Å². The third kappa shape index (κ3) is 5.68. The van der Waals surface area contributed by atoms with Gasteiger partial charge in [0.1, 0.15) is 11.3 Å². The molecule has 0 spiro atoms. The first-order valence-electron chi connectivity index (χ1n) is 5.63. The molecule has 1 aromatic rings. The van der Waals surface area contributed by atoms with Gasteiger partial charge in [-0.15, -0.1) is 0 Å². The molecule has 0 atom stereocenters. The largest absolute Gasteiger partial charge is 0.443 e. The van der Waals surface area contributed by atoms with E-state index >= 15 is 0 Å². The Labute approximate surface area is 113 Å². The minimum atomic E-state index is -4.48. The van der Waals surface area contributed by atoms with E-state index in [0.717, 1.165) is 18.5 Å². The zero-order valence-corrected chi connectivity index (χ0v) is 11.2. The van der Waals surface area contributed by atoms with Crippen LogP contribution in [0.25, 0.3) is 0 Å². The van der Waals surface area contributed by atoms with Crippen LogP contribution >= 0.6 is 0 Å². The van der Waals surface area contributed by atoms with Crippen molar-refractivity contribution in [3.63, 3.8) is 0 Å². The number of carbonyl (C=O) groups excluding carboxylic acids is 1. The summed E-state index contributed by atoms with van der Waals surface area (Å²) < 4.78 is 41.7. The third-order valence-corrected chi connectivity index (χ3v) is 1.85. The van der Waals surface area contributed by atoms with Gasteiger partial charge in [0.2, 0.25) is 0 Å². The average molecular weight is 289 g/mol. The number of hydrazone groups is 1. The summed E-state index contributed by atoms with van der Waals surface area (Å²) in [5, 5.41) is 3.55. The van der Waals surface area contributed by atoms with E-state index in [-0.39, 0.29) is 0 Å². The second-order valence-electron chi connectivity index (χ2n) is 4.85. The first-order valence-corrected chi connectivity index (χ1v) is 5.63. The molecule has 0 unspecified atom stereocenters. The van der Waals surface area contributed by atoms with Gasteiger partial charge in [0.25, 0.3) is 0 Å². The average Bonchev–Trinajstić information content (AvgIpc) is 2.26. The Morgan fingerprint density at radius 1 is 1.35 bits per heavy atom. The fourth-order valence-electron chi connectivity index (χ4n) is 1.11. The van der Waals surface area contributed by atoms with Crippen molar-refractivity contribution in [2.75, 3.05) is 0 Å². The number of hydrogen-bond donors (Lipinski definition) is 1. The first-order chi connectivity index (χ1) is 9.08. The van der Waals surface area contributed by atoms with Crippen molar-refractivity contribution in [2.45, 2.75) is 32.5 Å². The fraction of sp³-hybridized carbons (Fsp3) is 0.417. The molecule has 8 heteroatoms. The molecule has 0 radical (unpaired) electrons. The summed E-state index contributed by atoms with van der Waals surface area (Å²) in [6.07, 6.45) is -3.07. The van der Waals surface area contributed by atoms with E-state index in [9.17, 15) is 18.0 Å². The van der Waals surface area contributed by atoms with Gasteiger partial charge in [-0.05, 0) is 32.9 Å². The van der Waals surface area contributed by atoms with Crippen molar-refractivity contribution >= 4 is 12.3 Å². The molecule has 20 heavy (non-hydrogen) atoms. The number of pyridine rings is 1. The Bertz CT molecular complexity index is 490. The van der Waals surface area contributed by atoms with Crippen LogP contribution in [-0.2, 0) is 10.9 Å². The molecule has 5 nitrogen and oxygen atoms in total. The first kappa shape index (κ1) is 15.9. The number of rotatable bonds is 2. The van der Waals surface area contributed by atoms with E-state index in [1.165, 1.54) is 6.07 Å². The van der Waals surface area contributed by atoms with Crippen LogP contribution in [-0.4, -0.2) is 22.9 Å². The van der Waals surface area contributed by atoms with Crippen LogP contribution in [0.4, 0.5) is 18.0 Å². The molecule has 0 aliphatic rings. The molecule has 110 valence electrons. The van der Waals surface area contributed by atoms with E-state index in [1.807, 2.05) is 0 Å². The van der Waals surface area contributed by atoms with Crippen LogP contribution in [0.3, 0.4) is 0 Å². The summed E-state index contributed by atoms with van der Waals surface area (Å²) in [5.74, 6) is 0. The van der Waals surface area contributed by atoms with Crippen LogP contribution in [0.1, 0.15) is 32.0 Å². The Hall–Kier alpha value is -2.12. The predicted molar refractivity (Wildman–Crippen MR) is 66.2 cm³/mol. The number of nitrogens with zero attached hydrogens (tertiary/aromatic N) is 2. The number of hydrogen-bond acceptors (Lipinski definition) is 4. The quantitative estimate of drug-likeness (QED) is 0.672. The van der Waals surface area contributed by atoms with Crippen molar-refractivity contribution in [3.8, 4) is 0 Å². The van der Waals surface area contributed by atoms with Crippen LogP contribution in [0.15, 0.2) is 23.4 Å². The molecule has 1 amide bonds. The maximum atomic E-state index is 12.3. The summed E-state index contributed by atoms with van der Waals surface area (Å²) in [4.78, 5) is 14.5. The van der Waals surface area contributed by atoms with E-state index in [1.54, 1.807) is 20.8 Å². The number of ether oxygens (including phenoxy) is 1. The molecule has 0 saturated heterocycles. The number of alkyl halides is 3. The number of aromatic nitrogens is 1. The molecular formula is C12H14F3N3O2. The third-order valence-electron chi connectivity index (χ3n) is 1.85. The molecule has 0 saturated carbocycles. The smallest absolute Gasteiger partial charge is 0.433 e. The highest BCUT2D eigenvalue weighted by atomic mass is 19.4. The van der Waals surface area contributed by atoms with Crippen molar-refractivity contribution in [1.82, 2.24) is 10.4 Å². The lowest BCUT2D eigenvalue weighted by atomic mass is 10.2. The Kier molecular flexibility index (Phi) is 4.69.